The summed E-state index contributed by atoms with van der Waals surface area (Å²) >= 11 is 0. The van der Waals surface area contributed by atoms with Crippen LogP contribution in [0.3, 0.4) is 0 Å². The van der Waals surface area contributed by atoms with Crippen molar-refractivity contribution < 1.29 is 18.8 Å². The Balaban J connectivity index is 1.69. The number of carbonyl (C=O) groups is 2. The number of aromatic nitrogens is 1. The normalized spacial score (nSPS) is 16.0. The number of benzene rings is 1. The van der Waals surface area contributed by atoms with E-state index in [2.05, 4.69) is 10.7 Å². The molecule has 0 radical (unpaired) electrons. The molecule has 0 unspecified atom stereocenters. The van der Waals surface area contributed by atoms with Crippen LogP contribution in [0, 0.1) is 6.92 Å². The van der Waals surface area contributed by atoms with Gasteiger partial charge in [0.1, 0.15) is 5.56 Å². The van der Waals surface area contributed by atoms with Gasteiger partial charge in [-0.2, -0.15) is 0 Å². The molecule has 0 bridgehead atoms. The maximum absolute atomic E-state index is 13.3. The van der Waals surface area contributed by atoms with E-state index < -0.39 is 5.97 Å². The van der Waals surface area contributed by atoms with Gasteiger partial charge in [0.05, 0.1) is 12.3 Å². The first kappa shape index (κ1) is 18.2. The number of carbonyl (C=O) groups excluding carboxylic acids is 2. The van der Waals surface area contributed by atoms with E-state index in [1.165, 1.54) is 0 Å². The van der Waals surface area contributed by atoms with Gasteiger partial charge in [-0.15, -0.1) is 5.53 Å². The summed E-state index contributed by atoms with van der Waals surface area (Å²) in [5, 5.41) is 7.52. The first-order chi connectivity index (χ1) is 13.5. The molecule has 2 heterocycles. The van der Waals surface area contributed by atoms with Gasteiger partial charge in [0.15, 0.2) is 11.5 Å². The Morgan fingerprint density at radius 1 is 1.32 bits per heavy atom. The van der Waals surface area contributed by atoms with E-state index in [0.717, 1.165) is 24.1 Å². The van der Waals surface area contributed by atoms with Gasteiger partial charge in [-0.25, -0.2) is 4.79 Å². The molecule has 146 valence electrons. The van der Waals surface area contributed by atoms with Crippen LogP contribution in [0.25, 0.3) is 0 Å². The van der Waals surface area contributed by atoms with Crippen molar-refractivity contribution in [2.75, 3.05) is 18.7 Å². The lowest BCUT2D eigenvalue weighted by Crippen LogP contribution is -2.36. The number of hydrogen-bond acceptors (Lipinski definition) is 8. The fraction of sp³-hybridized carbons (Fsp3) is 0.350. The Morgan fingerprint density at radius 3 is 2.71 bits per heavy atom. The lowest BCUT2D eigenvalue weighted by Gasteiger charge is -2.20. The van der Waals surface area contributed by atoms with Crippen molar-refractivity contribution in [1.29, 1.82) is 0 Å². The topological polar surface area (TPSA) is 87.9 Å². The summed E-state index contributed by atoms with van der Waals surface area (Å²) in [6, 6.07) is 5.53. The molecule has 0 amide bonds. The molecule has 1 fully saturated rings. The highest BCUT2D eigenvalue weighted by atomic mass is 16.5. The lowest BCUT2D eigenvalue weighted by atomic mass is 9.96. The first-order valence-electron chi connectivity index (χ1n) is 9.28. The molecule has 1 aliphatic carbocycles. The minimum atomic E-state index is -0.634. The van der Waals surface area contributed by atoms with Crippen LogP contribution in [0.2, 0.25) is 0 Å². The molecule has 1 N–H and O–H groups in total. The second-order valence-corrected chi connectivity index (χ2v) is 6.97. The monoisotopic (exact) mass is 382 g/mol. The average Bonchev–Trinajstić information content (AvgIpc) is 3.26. The zero-order valence-electron chi connectivity index (χ0n) is 16.1. The molecule has 28 heavy (non-hydrogen) atoms. The van der Waals surface area contributed by atoms with Gasteiger partial charge in [-0.05, 0) is 50.5 Å². The molecule has 4 rings (SSSR count). The molecule has 1 aromatic carbocycles. The number of anilines is 1. The number of nitrogens with one attached hydrogen (secondary N) is 1. The largest absolute Gasteiger partial charge is 0.461 e. The SMILES string of the molecule is CCOC(=O)c1noc(C2CC2)c1C(=O)c1ccc(N2C=CN(C)N2)cc1C. The highest BCUT2D eigenvalue weighted by molar-refractivity contribution is 6.15. The highest BCUT2D eigenvalue weighted by Gasteiger charge is 2.37. The first-order valence-corrected chi connectivity index (χ1v) is 9.28. The van der Waals surface area contributed by atoms with Crippen molar-refractivity contribution >= 4 is 17.4 Å². The molecular formula is C20H22N4O4. The maximum atomic E-state index is 13.3. The molecule has 0 spiro atoms. The van der Waals surface area contributed by atoms with E-state index in [9.17, 15) is 9.59 Å². The Kier molecular flexibility index (Phi) is 4.64. The molecule has 1 aliphatic heterocycles. The van der Waals surface area contributed by atoms with E-state index in [4.69, 9.17) is 9.26 Å². The number of ketones is 1. The van der Waals surface area contributed by atoms with Gasteiger partial charge in [-0.3, -0.25) is 14.8 Å². The van der Waals surface area contributed by atoms with Crippen LogP contribution in [0.4, 0.5) is 5.69 Å². The number of nitrogens with zero attached hydrogens (tertiary/aromatic N) is 3. The van der Waals surface area contributed by atoms with Crippen molar-refractivity contribution in [2.45, 2.75) is 32.6 Å². The third kappa shape index (κ3) is 3.27. The minimum Gasteiger partial charge on any atom is -0.461 e. The zero-order valence-corrected chi connectivity index (χ0v) is 16.1. The van der Waals surface area contributed by atoms with E-state index >= 15 is 0 Å². The summed E-state index contributed by atoms with van der Waals surface area (Å²) in [6.07, 6.45) is 5.63. The Bertz CT molecular complexity index is 961. The second kappa shape index (κ2) is 7.12. The van der Waals surface area contributed by atoms with Crippen LogP contribution >= 0.6 is 0 Å². The predicted octanol–water partition coefficient (Wildman–Crippen LogP) is 2.91. The van der Waals surface area contributed by atoms with Gasteiger partial charge in [0, 0.05) is 30.9 Å². The second-order valence-electron chi connectivity index (χ2n) is 6.97. The molecule has 0 saturated heterocycles. The van der Waals surface area contributed by atoms with Gasteiger partial charge < -0.3 is 9.26 Å². The predicted molar refractivity (Wildman–Crippen MR) is 102 cm³/mol. The van der Waals surface area contributed by atoms with E-state index in [1.807, 2.05) is 48.5 Å². The van der Waals surface area contributed by atoms with Crippen LogP contribution in [0.1, 0.15) is 63.4 Å². The van der Waals surface area contributed by atoms with Crippen LogP contribution in [-0.2, 0) is 4.74 Å². The minimum absolute atomic E-state index is 0.0389. The van der Waals surface area contributed by atoms with E-state index in [-0.39, 0.29) is 29.6 Å². The number of esters is 1. The molecule has 8 nitrogen and oxygen atoms in total. The standard InChI is InChI=1S/C20H22N4O4/c1-4-27-20(26)17-16(19(28-21-17)13-5-6-13)18(25)15-8-7-14(11-12(15)2)24-10-9-23(3)22-24/h7-11,13,22H,4-6H2,1-3H3. The van der Waals surface area contributed by atoms with Crippen molar-refractivity contribution in [3.8, 4) is 0 Å². The molecular weight excluding hydrogens is 360 g/mol. The smallest absolute Gasteiger partial charge is 0.361 e. The lowest BCUT2D eigenvalue weighted by molar-refractivity contribution is 0.0512. The zero-order chi connectivity index (χ0) is 19.8. The summed E-state index contributed by atoms with van der Waals surface area (Å²) in [5.74, 6) is -0.270. The van der Waals surface area contributed by atoms with Crippen LogP contribution < -0.4 is 10.5 Å². The van der Waals surface area contributed by atoms with Crippen molar-refractivity contribution in [3.63, 3.8) is 0 Å². The number of rotatable bonds is 6. The maximum Gasteiger partial charge on any atom is 0.361 e. The molecule has 1 saturated carbocycles. The molecule has 2 aromatic rings. The van der Waals surface area contributed by atoms with Crippen LogP contribution in [-0.4, -0.2) is 35.6 Å². The molecule has 2 aliphatic rings. The molecule has 8 heteroatoms. The molecule has 0 atom stereocenters. The van der Waals surface area contributed by atoms with Gasteiger partial charge in [-0.1, -0.05) is 5.16 Å². The Morgan fingerprint density at radius 2 is 2.11 bits per heavy atom. The van der Waals surface area contributed by atoms with Crippen molar-refractivity contribution in [3.05, 3.63) is 58.7 Å². The Labute approximate surface area is 162 Å². The number of ether oxygens (including phenoxy) is 1. The summed E-state index contributed by atoms with van der Waals surface area (Å²) in [6.45, 7) is 3.79. The summed E-state index contributed by atoms with van der Waals surface area (Å²) < 4.78 is 10.4. The summed E-state index contributed by atoms with van der Waals surface area (Å²) in [7, 11) is 1.89. The number of aryl methyl sites for hydroxylation is 1. The average molecular weight is 382 g/mol. The van der Waals surface area contributed by atoms with E-state index in [0.29, 0.717) is 11.3 Å². The van der Waals surface area contributed by atoms with Crippen LogP contribution in [0.15, 0.2) is 35.1 Å². The summed E-state index contributed by atoms with van der Waals surface area (Å²) in [4.78, 5) is 25.6. The quantitative estimate of drug-likeness (QED) is 0.603. The van der Waals surface area contributed by atoms with Gasteiger partial charge >= 0.3 is 5.97 Å². The van der Waals surface area contributed by atoms with Crippen LogP contribution in [0.5, 0.6) is 0 Å². The Hall–Kier alpha value is -3.13. The third-order valence-corrected chi connectivity index (χ3v) is 4.80. The van der Waals surface area contributed by atoms with Gasteiger partial charge in [0.25, 0.3) is 0 Å². The van der Waals surface area contributed by atoms with Crippen molar-refractivity contribution in [1.82, 2.24) is 15.7 Å². The molecule has 1 aromatic heterocycles. The highest BCUT2D eigenvalue weighted by Crippen LogP contribution is 2.43. The van der Waals surface area contributed by atoms with Gasteiger partial charge in [0.2, 0.25) is 5.69 Å². The van der Waals surface area contributed by atoms with Crippen molar-refractivity contribution in [2.24, 2.45) is 0 Å². The summed E-state index contributed by atoms with van der Waals surface area (Å²) in [5.41, 5.74) is 5.52. The number of hydrazine groups is 2. The van der Waals surface area contributed by atoms with E-state index in [1.54, 1.807) is 13.0 Å². The number of hydrogen-bond donors (Lipinski definition) is 1. The fourth-order valence-electron chi connectivity index (χ4n) is 3.22. The third-order valence-electron chi connectivity index (χ3n) is 4.80. The fourth-order valence-corrected chi connectivity index (χ4v) is 3.22.